The van der Waals surface area contributed by atoms with Gasteiger partial charge in [-0.15, -0.1) is 0 Å². The molecule has 0 aliphatic heterocycles. The third-order valence-electron chi connectivity index (χ3n) is 2.79. The molecule has 0 saturated heterocycles. The second kappa shape index (κ2) is 5.97. The van der Waals surface area contributed by atoms with Gasteiger partial charge in [-0.3, -0.25) is 4.79 Å². The highest BCUT2D eigenvalue weighted by atomic mass is 19.3. The molecular weight excluding hydrogens is 280 g/mol. The summed E-state index contributed by atoms with van der Waals surface area (Å²) in [5.74, 6) is -2.76. The van der Waals surface area contributed by atoms with Crippen molar-refractivity contribution in [3.63, 3.8) is 0 Å². The molecule has 0 bridgehead atoms. The van der Waals surface area contributed by atoms with E-state index in [-0.39, 0.29) is 17.0 Å². The molecule has 0 aliphatic carbocycles. The molecule has 0 fully saturated rings. The standard InChI is InChI=1S/C15H13F2NO3/c1-15(16,17)11-3-5-12(6-4-11)21-14-7-2-10(8-18-14)13(20)9-19/h2-8,19H,9H2,1H3. The summed E-state index contributed by atoms with van der Waals surface area (Å²) in [6.45, 7) is 0.232. The maximum Gasteiger partial charge on any atom is 0.270 e. The summed E-state index contributed by atoms with van der Waals surface area (Å²) >= 11 is 0. The van der Waals surface area contributed by atoms with Crippen LogP contribution >= 0.6 is 0 Å². The molecule has 1 aromatic heterocycles. The van der Waals surface area contributed by atoms with Gasteiger partial charge in [-0.1, -0.05) is 0 Å². The quantitative estimate of drug-likeness (QED) is 0.860. The van der Waals surface area contributed by atoms with Gasteiger partial charge in [0.15, 0.2) is 5.78 Å². The third-order valence-corrected chi connectivity index (χ3v) is 2.79. The van der Waals surface area contributed by atoms with E-state index in [4.69, 9.17) is 9.84 Å². The lowest BCUT2D eigenvalue weighted by Crippen LogP contribution is -2.06. The van der Waals surface area contributed by atoms with Crippen molar-refractivity contribution in [2.24, 2.45) is 0 Å². The Kier molecular flexibility index (Phi) is 4.28. The van der Waals surface area contributed by atoms with Crippen molar-refractivity contribution < 1.29 is 23.4 Å². The number of benzene rings is 1. The summed E-state index contributed by atoms with van der Waals surface area (Å²) in [5, 5.41) is 8.71. The fraction of sp³-hybridized carbons (Fsp3) is 0.200. The molecule has 4 nitrogen and oxygen atoms in total. The molecule has 0 spiro atoms. The number of ether oxygens (including phenoxy) is 1. The van der Waals surface area contributed by atoms with Gasteiger partial charge in [0.1, 0.15) is 12.4 Å². The Balaban J connectivity index is 2.10. The SMILES string of the molecule is CC(F)(F)c1ccc(Oc2ccc(C(=O)CO)cn2)cc1. The summed E-state index contributed by atoms with van der Waals surface area (Å²) in [6.07, 6.45) is 1.28. The third kappa shape index (κ3) is 3.82. The highest BCUT2D eigenvalue weighted by Gasteiger charge is 2.23. The number of aliphatic hydroxyl groups is 1. The minimum atomic E-state index is -2.90. The van der Waals surface area contributed by atoms with E-state index in [2.05, 4.69) is 4.98 Å². The zero-order valence-electron chi connectivity index (χ0n) is 11.2. The zero-order chi connectivity index (χ0) is 15.5. The van der Waals surface area contributed by atoms with Crippen LogP contribution in [0.2, 0.25) is 0 Å². The van der Waals surface area contributed by atoms with E-state index < -0.39 is 18.3 Å². The molecule has 2 aromatic rings. The molecule has 110 valence electrons. The number of halogens is 2. The maximum absolute atomic E-state index is 13.1. The van der Waals surface area contributed by atoms with Gasteiger partial charge in [-0.2, -0.15) is 0 Å². The van der Waals surface area contributed by atoms with E-state index in [1.165, 1.54) is 42.6 Å². The van der Waals surface area contributed by atoms with Gasteiger partial charge in [-0.05, 0) is 30.3 Å². The number of nitrogens with zero attached hydrogens (tertiary/aromatic N) is 1. The molecule has 1 heterocycles. The minimum absolute atomic E-state index is 0.105. The van der Waals surface area contributed by atoms with E-state index >= 15 is 0 Å². The van der Waals surface area contributed by atoms with Crippen molar-refractivity contribution in [2.45, 2.75) is 12.8 Å². The number of rotatable bonds is 5. The number of aromatic nitrogens is 1. The molecule has 1 aromatic carbocycles. The number of Topliss-reactive ketones (excluding diaryl/α,β-unsaturated/α-hetero) is 1. The maximum atomic E-state index is 13.1. The minimum Gasteiger partial charge on any atom is -0.439 e. The first kappa shape index (κ1) is 15.1. The van der Waals surface area contributed by atoms with Crippen LogP contribution in [-0.4, -0.2) is 22.5 Å². The average Bonchev–Trinajstić information content (AvgIpc) is 2.47. The number of hydrogen-bond acceptors (Lipinski definition) is 4. The van der Waals surface area contributed by atoms with Crippen molar-refractivity contribution >= 4 is 5.78 Å². The topological polar surface area (TPSA) is 59.4 Å². The fourth-order valence-electron chi connectivity index (χ4n) is 1.63. The summed E-state index contributed by atoms with van der Waals surface area (Å²) in [4.78, 5) is 15.1. The van der Waals surface area contributed by atoms with Gasteiger partial charge in [0.25, 0.3) is 5.92 Å². The highest BCUT2D eigenvalue weighted by Crippen LogP contribution is 2.29. The van der Waals surface area contributed by atoms with Crippen LogP contribution in [0.3, 0.4) is 0 Å². The first-order chi connectivity index (χ1) is 9.90. The average molecular weight is 293 g/mol. The van der Waals surface area contributed by atoms with Crippen molar-refractivity contribution in [3.05, 3.63) is 53.7 Å². The molecule has 0 atom stereocenters. The van der Waals surface area contributed by atoms with Crippen LogP contribution in [0.1, 0.15) is 22.8 Å². The number of alkyl halides is 2. The lowest BCUT2D eigenvalue weighted by molar-refractivity contribution is 0.0174. The number of carbonyl (C=O) groups is 1. The molecule has 0 saturated carbocycles. The largest absolute Gasteiger partial charge is 0.439 e. The second-order valence-electron chi connectivity index (χ2n) is 4.48. The Morgan fingerprint density at radius 3 is 2.38 bits per heavy atom. The molecule has 1 N–H and O–H groups in total. The van der Waals surface area contributed by atoms with Crippen LogP contribution < -0.4 is 4.74 Å². The van der Waals surface area contributed by atoms with Gasteiger partial charge in [-0.25, -0.2) is 13.8 Å². The van der Waals surface area contributed by atoms with Crippen LogP contribution in [0, 0.1) is 0 Å². The summed E-state index contributed by atoms with van der Waals surface area (Å²) < 4.78 is 31.5. The van der Waals surface area contributed by atoms with Crippen LogP contribution in [0.25, 0.3) is 0 Å². The van der Waals surface area contributed by atoms with Gasteiger partial charge in [0, 0.05) is 30.3 Å². The molecule has 0 aliphatic rings. The van der Waals surface area contributed by atoms with E-state index in [1.54, 1.807) is 0 Å². The summed E-state index contributed by atoms with van der Waals surface area (Å²) in [6, 6.07) is 8.32. The van der Waals surface area contributed by atoms with Crippen molar-refractivity contribution in [1.82, 2.24) is 4.98 Å². The molecule has 0 unspecified atom stereocenters. The molecule has 2 rings (SSSR count). The molecule has 0 amide bonds. The first-order valence-electron chi connectivity index (χ1n) is 6.16. The Morgan fingerprint density at radius 1 is 1.24 bits per heavy atom. The molecular formula is C15H13F2NO3. The van der Waals surface area contributed by atoms with Crippen molar-refractivity contribution in [3.8, 4) is 11.6 Å². The predicted octanol–water partition coefficient (Wildman–Crippen LogP) is 3.16. The number of hydrogen-bond donors (Lipinski definition) is 1. The number of aliphatic hydroxyl groups excluding tert-OH is 1. The first-order valence-corrected chi connectivity index (χ1v) is 6.16. The Hall–Kier alpha value is -2.34. The Bertz CT molecular complexity index is 619. The number of carbonyl (C=O) groups excluding carboxylic acids is 1. The Labute approximate surface area is 120 Å². The smallest absolute Gasteiger partial charge is 0.270 e. The van der Waals surface area contributed by atoms with E-state index in [0.29, 0.717) is 5.75 Å². The Morgan fingerprint density at radius 2 is 1.90 bits per heavy atom. The summed E-state index contributed by atoms with van der Waals surface area (Å²) in [7, 11) is 0. The molecule has 0 radical (unpaired) electrons. The van der Waals surface area contributed by atoms with Crippen LogP contribution in [0.5, 0.6) is 11.6 Å². The van der Waals surface area contributed by atoms with E-state index in [1.807, 2.05) is 0 Å². The van der Waals surface area contributed by atoms with Crippen LogP contribution in [0.4, 0.5) is 8.78 Å². The van der Waals surface area contributed by atoms with E-state index in [9.17, 15) is 13.6 Å². The lowest BCUT2D eigenvalue weighted by Gasteiger charge is -2.11. The lowest BCUT2D eigenvalue weighted by atomic mass is 10.1. The fourth-order valence-corrected chi connectivity index (χ4v) is 1.63. The summed E-state index contributed by atoms with van der Waals surface area (Å²) in [5.41, 5.74) is 0.164. The van der Waals surface area contributed by atoms with Gasteiger partial charge in [0.2, 0.25) is 5.88 Å². The van der Waals surface area contributed by atoms with Gasteiger partial charge < -0.3 is 9.84 Å². The number of pyridine rings is 1. The molecule has 21 heavy (non-hydrogen) atoms. The molecule has 6 heteroatoms. The van der Waals surface area contributed by atoms with Gasteiger partial charge in [0.05, 0.1) is 0 Å². The normalized spacial score (nSPS) is 11.2. The van der Waals surface area contributed by atoms with Gasteiger partial charge >= 0.3 is 0 Å². The van der Waals surface area contributed by atoms with Crippen LogP contribution in [0.15, 0.2) is 42.6 Å². The monoisotopic (exact) mass is 293 g/mol. The van der Waals surface area contributed by atoms with Crippen molar-refractivity contribution in [2.75, 3.05) is 6.61 Å². The highest BCUT2D eigenvalue weighted by molar-refractivity contribution is 5.96. The van der Waals surface area contributed by atoms with Crippen LogP contribution in [-0.2, 0) is 5.92 Å². The van der Waals surface area contributed by atoms with Crippen molar-refractivity contribution in [1.29, 1.82) is 0 Å². The second-order valence-corrected chi connectivity index (χ2v) is 4.48. The predicted molar refractivity (Wildman–Crippen MR) is 71.7 cm³/mol. The zero-order valence-corrected chi connectivity index (χ0v) is 11.2. The number of ketones is 1. The van der Waals surface area contributed by atoms with E-state index in [0.717, 1.165) is 6.92 Å².